The summed E-state index contributed by atoms with van der Waals surface area (Å²) in [5.74, 6) is 0.678. The molecule has 0 aliphatic rings. The number of oxazole rings is 1. The topological polar surface area (TPSA) is 69.4 Å². The number of rotatable bonds is 5. The number of methoxy groups -OCH3 is 1. The normalized spacial score (nSPS) is 11.4. The van der Waals surface area contributed by atoms with Gasteiger partial charge in [-0.2, -0.15) is 0 Å². The number of aryl methyl sites for hydroxylation is 1. The Kier molecular flexibility index (Phi) is 4.40. The maximum absolute atomic E-state index is 12.5. The zero-order chi connectivity index (χ0) is 17.2. The summed E-state index contributed by atoms with van der Waals surface area (Å²) in [4.78, 5) is 4.48. The third-order valence-electron chi connectivity index (χ3n) is 3.59. The summed E-state index contributed by atoms with van der Waals surface area (Å²) in [6, 6.07) is 14.1. The second-order valence-electron chi connectivity index (χ2n) is 5.45. The monoisotopic (exact) mass is 343 g/mol. The molecule has 0 N–H and O–H groups in total. The first-order valence-corrected chi connectivity index (χ1v) is 9.01. The van der Waals surface area contributed by atoms with E-state index in [0.29, 0.717) is 17.3 Å². The van der Waals surface area contributed by atoms with Crippen molar-refractivity contribution in [3.8, 4) is 17.2 Å². The predicted molar refractivity (Wildman–Crippen MR) is 90.6 cm³/mol. The Morgan fingerprint density at radius 3 is 2.58 bits per heavy atom. The molecule has 0 unspecified atom stereocenters. The van der Waals surface area contributed by atoms with Crippen LogP contribution in [0, 0.1) is 6.92 Å². The van der Waals surface area contributed by atoms with Crippen LogP contribution in [0.25, 0.3) is 11.5 Å². The summed E-state index contributed by atoms with van der Waals surface area (Å²) >= 11 is 0. The quantitative estimate of drug-likeness (QED) is 0.707. The molecule has 0 saturated carbocycles. The van der Waals surface area contributed by atoms with Gasteiger partial charge in [0.1, 0.15) is 17.8 Å². The molecule has 3 aromatic rings. The van der Waals surface area contributed by atoms with Gasteiger partial charge in [-0.05, 0) is 37.3 Å². The number of nitrogens with zero attached hydrogens (tertiary/aromatic N) is 1. The van der Waals surface area contributed by atoms with E-state index < -0.39 is 9.84 Å². The molecule has 0 amide bonds. The van der Waals surface area contributed by atoms with Gasteiger partial charge < -0.3 is 9.15 Å². The van der Waals surface area contributed by atoms with Gasteiger partial charge in [0.05, 0.1) is 17.7 Å². The van der Waals surface area contributed by atoms with E-state index in [-0.39, 0.29) is 10.6 Å². The fourth-order valence-electron chi connectivity index (χ4n) is 2.27. The highest BCUT2D eigenvalue weighted by Gasteiger charge is 2.19. The highest BCUT2D eigenvalue weighted by molar-refractivity contribution is 7.90. The average molecular weight is 343 g/mol. The molecule has 0 aliphatic heterocycles. The summed E-state index contributed by atoms with van der Waals surface area (Å²) in [6.07, 6.45) is 1.38. The fraction of sp³-hybridized carbons (Fsp3) is 0.167. The highest BCUT2D eigenvalue weighted by atomic mass is 32.2. The van der Waals surface area contributed by atoms with Crippen LogP contribution in [0.15, 0.2) is 64.1 Å². The van der Waals surface area contributed by atoms with Crippen molar-refractivity contribution in [2.24, 2.45) is 0 Å². The van der Waals surface area contributed by atoms with Crippen LogP contribution in [0.2, 0.25) is 0 Å². The molecule has 0 radical (unpaired) electrons. The van der Waals surface area contributed by atoms with Crippen molar-refractivity contribution in [1.29, 1.82) is 0 Å². The first-order chi connectivity index (χ1) is 11.5. The van der Waals surface area contributed by atoms with Gasteiger partial charge in [0.25, 0.3) is 0 Å². The van der Waals surface area contributed by atoms with Crippen molar-refractivity contribution in [1.82, 2.24) is 4.98 Å². The second-order valence-corrected chi connectivity index (χ2v) is 7.44. The summed E-state index contributed by atoms with van der Waals surface area (Å²) in [5.41, 5.74) is 2.31. The van der Waals surface area contributed by atoms with Crippen LogP contribution in [0.4, 0.5) is 0 Å². The minimum atomic E-state index is -3.52. The minimum Gasteiger partial charge on any atom is -0.497 e. The summed E-state index contributed by atoms with van der Waals surface area (Å²) < 4.78 is 35.5. The van der Waals surface area contributed by atoms with Gasteiger partial charge in [0, 0.05) is 5.56 Å². The van der Waals surface area contributed by atoms with Crippen LogP contribution in [0.5, 0.6) is 5.75 Å². The number of benzene rings is 2. The van der Waals surface area contributed by atoms with Crippen molar-refractivity contribution < 1.29 is 17.6 Å². The maximum Gasteiger partial charge on any atom is 0.226 e. The van der Waals surface area contributed by atoms with E-state index in [2.05, 4.69) is 4.98 Å². The average Bonchev–Trinajstić information content (AvgIpc) is 3.03. The molecule has 5 nitrogen and oxygen atoms in total. The Hall–Kier alpha value is -2.60. The molecule has 1 heterocycles. The number of aromatic nitrogens is 1. The van der Waals surface area contributed by atoms with Gasteiger partial charge >= 0.3 is 0 Å². The van der Waals surface area contributed by atoms with Gasteiger partial charge in [-0.25, -0.2) is 13.4 Å². The lowest BCUT2D eigenvalue weighted by Gasteiger charge is -2.04. The number of hydrogen-bond acceptors (Lipinski definition) is 5. The lowest BCUT2D eigenvalue weighted by atomic mass is 10.1. The van der Waals surface area contributed by atoms with Crippen molar-refractivity contribution >= 4 is 9.84 Å². The van der Waals surface area contributed by atoms with Crippen molar-refractivity contribution in [3.05, 3.63) is 66.1 Å². The lowest BCUT2D eigenvalue weighted by molar-refractivity contribution is 0.413. The van der Waals surface area contributed by atoms with E-state index >= 15 is 0 Å². The van der Waals surface area contributed by atoms with E-state index in [4.69, 9.17) is 9.15 Å². The number of ether oxygens (including phenoxy) is 1. The van der Waals surface area contributed by atoms with Gasteiger partial charge in [0.15, 0.2) is 9.84 Å². The van der Waals surface area contributed by atoms with E-state index in [1.165, 1.54) is 19.4 Å². The molecule has 0 bridgehead atoms. The maximum atomic E-state index is 12.5. The molecule has 6 heteroatoms. The summed E-state index contributed by atoms with van der Waals surface area (Å²) in [6.45, 7) is 1.99. The number of hydrogen-bond donors (Lipinski definition) is 0. The summed E-state index contributed by atoms with van der Waals surface area (Å²) in [7, 11) is -2.03. The minimum absolute atomic E-state index is 0.196. The third kappa shape index (κ3) is 3.49. The molecule has 3 rings (SSSR count). The van der Waals surface area contributed by atoms with Gasteiger partial charge in [-0.1, -0.05) is 23.8 Å². The van der Waals surface area contributed by atoms with E-state index in [1.807, 2.05) is 31.2 Å². The highest BCUT2D eigenvalue weighted by Crippen LogP contribution is 2.23. The standard InChI is InChI=1S/C18H17NO4S/c1-13-6-8-14(9-7-13)18-19-15(11-23-18)12-24(20,21)17-5-3-4-16(10-17)22-2/h3-11H,12H2,1-2H3. The molecule has 0 spiro atoms. The molecule has 0 atom stereocenters. The Morgan fingerprint density at radius 2 is 1.88 bits per heavy atom. The zero-order valence-electron chi connectivity index (χ0n) is 13.4. The molecule has 0 fully saturated rings. The first kappa shape index (κ1) is 16.3. The smallest absolute Gasteiger partial charge is 0.226 e. The van der Waals surface area contributed by atoms with E-state index in [1.54, 1.807) is 18.2 Å². The third-order valence-corrected chi connectivity index (χ3v) is 5.24. The zero-order valence-corrected chi connectivity index (χ0v) is 14.2. The van der Waals surface area contributed by atoms with Crippen molar-refractivity contribution in [2.75, 3.05) is 7.11 Å². The molecular weight excluding hydrogens is 326 g/mol. The van der Waals surface area contributed by atoms with Crippen LogP contribution in [0.3, 0.4) is 0 Å². The molecule has 0 saturated heterocycles. The van der Waals surface area contributed by atoms with Crippen molar-refractivity contribution in [3.63, 3.8) is 0 Å². The fourth-order valence-corrected chi connectivity index (χ4v) is 3.54. The molecule has 24 heavy (non-hydrogen) atoms. The summed E-state index contributed by atoms with van der Waals surface area (Å²) in [5, 5.41) is 0. The van der Waals surface area contributed by atoms with Crippen LogP contribution in [-0.4, -0.2) is 20.5 Å². The predicted octanol–water partition coefficient (Wildman–Crippen LogP) is 3.63. The van der Waals surface area contributed by atoms with Gasteiger partial charge in [-0.15, -0.1) is 0 Å². The van der Waals surface area contributed by atoms with Gasteiger partial charge in [0.2, 0.25) is 5.89 Å². The van der Waals surface area contributed by atoms with Gasteiger partial charge in [-0.3, -0.25) is 0 Å². The van der Waals surface area contributed by atoms with Crippen molar-refractivity contribution in [2.45, 2.75) is 17.6 Å². The van der Waals surface area contributed by atoms with Crippen LogP contribution >= 0.6 is 0 Å². The van der Waals surface area contributed by atoms with E-state index in [9.17, 15) is 8.42 Å². The molecule has 124 valence electrons. The van der Waals surface area contributed by atoms with Crippen LogP contribution in [-0.2, 0) is 15.6 Å². The number of sulfone groups is 1. The second kappa shape index (κ2) is 6.49. The van der Waals surface area contributed by atoms with E-state index in [0.717, 1.165) is 11.1 Å². The molecular formula is C18H17NO4S. The van der Waals surface area contributed by atoms with Crippen LogP contribution in [0.1, 0.15) is 11.3 Å². The lowest BCUT2D eigenvalue weighted by Crippen LogP contribution is -2.05. The Balaban J connectivity index is 1.84. The largest absolute Gasteiger partial charge is 0.497 e. The molecule has 2 aromatic carbocycles. The Labute approximate surface area is 140 Å². The first-order valence-electron chi connectivity index (χ1n) is 7.36. The Bertz CT molecular complexity index is 943. The molecule has 0 aliphatic carbocycles. The van der Waals surface area contributed by atoms with Crippen LogP contribution < -0.4 is 4.74 Å². The Morgan fingerprint density at radius 1 is 1.12 bits per heavy atom. The molecule has 1 aromatic heterocycles. The SMILES string of the molecule is COc1cccc(S(=O)(=O)Cc2coc(-c3ccc(C)cc3)n2)c1.